The van der Waals surface area contributed by atoms with Gasteiger partial charge in [-0.25, -0.2) is 4.79 Å². The molecule has 1 heterocycles. The number of hydrogen-bond donors (Lipinski definition) is 1. The molecule has 1 saturated carbocycles. The van der Waals surface area contributed by atoms with Crippen LogP contribution in [0, 0.1) is 6.92 Å². The second-order valence-corrected chi connectivity index (χ2v) is 3.73. The van der Waals surface area contributed by atoms with Crippen LogP contribution in [0.1, 0.15) is 34.7 Å². The maximum Gasteiger partial charge on any atom is 0.341 e. The molecule has 1 fully saturated rings. The van der Waals surface area contributed by atoms with Gasteiger partial charge in [-0.1, -0.05) is 0 Å². The molecular formula is C10H13NO3. The number of furan rings is 1. The Balaban J connectivity index is 2.34. The van der Waals surface area contributed by atoms with E-state index in [1.807, 2.05) is 0 Å². The first-order valence-electron chi connectivity index (χ1n) is 4.55. The third kappa shape index (κ3) is 1.32. The Kier molecular flexibility index (Phi) is 1.89. The number of nitrogens with two attached hydrogens (primary N) is 1. The van der Waals surface area contributed by atoms with E-state index < -0.39 is 0 Å². The Morgan fingerprint density at radius 3 is 2.79 bits per heavy atom. The lowest BCUT2D eigenvalue weighted by Crippen LogP contribution is -2.17. The van der Waals surface area contributed by atoms with Crippen LogP contribution in [0.2, 0.25) is 0 Å². The van der Waals surface area contributed by atoms with Crippen LogP contribution in [-0.4, -0.2) is 13.1 Å². The van der Waals surface area contributed by atoms with E-state index in [2.05, 4.69) is 4.74 Å². The smallest absolute Gasteiger partial charge is 0.341 e. The summed E-state index contributed by atoms with van der Waals surface area (Å²) in [6.07, 6.45) is 1.83. The van der Waals surface area contributed by atoms with Crippen LogP contribution in [0.5, 0.6) is 0 Å². The molecule has 0 atom stereocenters. The minimum absolute atomic E-state index is 0.336. The van der Waals surface area contributed by atoms with Crippen molar-refractivity contribution >= 4 is 5.97 Å². The number of ether oxygens (including phenoxy) is 1. The molecule has 0 unspecified atom stereocenters. The zero-order chi connectivity index (χ0) is 10.3. The molecule has 0 aromatic carbocycles. The fourth-order valence-corrected chi connectivity index (χ4v) is 1.42. The molecule has 0 aliphatic heterocycles. The van der Waals surface area contributed by atoms with Crippen molar-refractivity contribution < 1.29 is 13.9 Å². The van der Waals surface area contributed by atoms with Gasteiger partial charge in [-0.2, -0.15) is 0 Å². The van der Waals surface area contributed by atoms with Gasteiger partial charge in [-0.15, -0.1) is 0 Å². The number of carbonyl (C=O) groups excluding carboxylic acids is 1. The molecule has 76 valence electrons. The molecule has 0 spiro atoms. The Labute approximate surface area is 82.0 Å². The van der Waals surface area contributed by atoms with Gasteiger partial charge in [-0.3, -0.25) is 0 Å². The molecule has 2 N–H and O–H groups in total. The van der Waals surface area contributed by atoms with E-state index in [1.165, 1.54) is 7.11 Å². The summed E-state index contributed by atoms with van der Waals surface area (Å²) in [4.78, 5) is 11.3. The summed E-state index contributed by atoms with van der Waals surface area (Å²) in [6, 6.07) is 1.69. The Bertz CT molecular complexity index is 377. The molecule has 1 aliphatic rings. The van der Waals surface area contributed by atoms with Crippen LogP contribution in [0.25, 0.3) is 0 Å². The molecule has 0 radical (unpaired) electrons. The highest BCUT2D eigenvalue weighted by molar-refractivity contribution is 5.90. The van der Waals surface area contributed by atoms with Gasteiger partial charge < -0.3 is 14.9 Å². The maximum absolute atomic E-state index is 11.3. The first-order chi connectivity index (χ1) is 6.57. The number of methoxy groups -OCH3 is 1. The van der Waals surface area contributed by atoms with E-state index in [-0.39, 0.29) is 11.5 Å². The molecule has 0 amide bonds. The first-order valence-corrected chi connectivity index (χ1v) is 4.55. The minimum atomic E-state index is -0.373. The van der Waals surface area contributed by atoms with Crippen LogP contribution in [0.15, 0.2) is 10.5 Å². The van der Waals surface area contributed by atoms with Crippen LogP contribution < -0.4 is 5.73 Å². The van der Waals surface area contributed by atoms with E-state index in [1.54, 1.807) is 13.0 Å². The maximum atomic E-state index is 11.3. The highest BCUT2D eigenvalue weighted by atomic mass is 16.5. The number of esters is 1. The van der Waals surface area contributed by atoms with Crippen molar-refractivity contribution in [2.45, 2.75) is 25.3 Å². The van der Waals surface area contributed by atoms with Crippen molar-refractivity contribution in [2.75, 3.05) is 7.11 Å². The van der Waals surface area contributed by atoms with Crippen LogP contribution in [-0.2, 0) is 10.3 Å². The Morgan fingerprint density at radius 1 is 1.64 bits per heavy atom. The molecule has 4 nitrogen and oxygen atoms in total. The standard InChI is InChI=1S/C10H13NO3/c1-6-7(9(12)13-2)5-8(14-6)10(11)3-4-10/h5H,3-4,11H2,1-2H3. The summed E-state index contributed by atoms with van der Waals surface area (Å²) in [5.74, 6) is 0.890. The van der Waals surface area contributed by atoms with Gasteiger partial charge in [-0.05, 0) is 25.8 Å². The summed E-state index contributed by atoms with van der Waals surface area (Å²) >= 11 is 0. The molecule has 14 heavy (non-hydrogen) atoms. The van der Waals surface area contributed by atoms with Gasteiger partial charge in [0.2, 0.25) is 0 Å². The number of rotatable bonds is 2. The van der Waals surface area contributed by atoms with E-state index in [0.29, 0.717) is 17.1 Å². The summed E-state index contributed by atoms with van der Waals surface area (Å²) in [6.45, 7) is 1.74. The highest BCUT2D eigenvalue weighted by Crippen LogP contribution is 2.43. The van der Waals surface area contributed by atoms with E-state index >= 15 is 0 Å². The van der Waals surface area contributed by atoms with Crippen molar-refractivity contribution in [1.29, 1.82) is 0 Å². The number of carbonyl (C=O) groups is 1. The van der Waals surface area contributed by atoms with E-state index in [0.717, 1.165) is 12.8 Å². The van der Waals surface area contributed by atoms with E-state index in [4.69, 9.17) is 10.2 Å². The average molecular weight is 195 g/mol. The third-order valence-electron chi connectivity index (χ3n) is 2.60. The lowest BCUT2D eigenvalue weighted by molar-refractivity contribution is 0.0599. The minimum Gasteiger partial charge on any atom is -0.465 e. The Morgan fingerprint density at radius 2 is 2.29 bits per heavy atom. The van der Waals surface area contributed by atoms with Gasteiger partial charge in [0.15, 0.2) is 0 Å². The van der Waals surface area contributed by atoms with Gasteiger partial charge >= 0.3 is 5.97 Å². The predicted octanol–water partition coefficient (Wildman–Crippen LogP) is 1.32. The second-order valence-electron chi connectivity index (χ2n) is 3.73. The SMILES string of the molecule is COC(=O)c1cc(C2(N)CC2)oc1C. The van der Waals surface area contributed by atoms with Crippen molar-refractivity contribution in [3.05, 3.63) is 23.2 Å². The number of hydrogen-bond acceptors (Lipinski definition) is 4. The molecule has 0 saturated heterocycles. The van der Waals surface area contributed by atoms with Crippen molar-refractivity contribution in [1.82, 2.24) is 0 Å². The van der Waals surface area contributed by atoms with Crippen molar-refractivity contribution in [3.63, 3.8) is 0 Å². The zero-order valence-electron chi connectivity index (χ0n) is 8.29. The van der Waals surface area contributed by atoms with Gasteiger partial charge in [0, 0.05) is 0 Å². The largest absolute Gasteiger partial charge is 0.465 e. The summed E-state index contributed by atoms with van der Waals surface area (Å²) in [5.41, 5.74) is 6.08. The van der Waals surface area contributed by atoms with Crippen LogP contribution in [0.4, 0.5) is 0 Å². The predicted molar refractivity (Wildman–Crippen MR) is 49.9 cm³/mol. The molecule has 2 rings (SSSR count). The second kappa shape index (κ2) is 2.85. The molecular weight excluding hydrogens is 182 g/mol. The molecule has 1 aromatic heterocycles. The van der Waals surface area contributed by atoms with Gasteiger partial charge in [0.1, 0.15) is 17.1 Å². The lowest BCUT2D eigenvalue weighted by atomic mass is 10.2. The third-order valence-corrected chi connectivity index (χ3v) is 2.60. The first kappa shape index (κ1) is 9.27. The monoisotopic (exact) mass is 195 g/mol. The fraction of sp³-hybridized carbons (Fsp3) is 0.500. The average Bonchev–Trinajstić information content (AvgIpc) is 2.78. The van der Waals surface area contributed by atoms with Crippen molar-refractivity contribution in [2.24, 2.45) is 5.73 Å². The topological polar surface area (TPSA) is 65.5 Å². The quantitative estimate of drug-likeness (QED) is 0.723. The van der Waals surface area contributed by atoms with Crippen LogP contribution >= 0.6 is 0 Å². The lowest BCUT2D eigenvalue weighted by Gasteiger charge is -2.01. The van der Waals surface area contributed by atoms with Gasteiger partial charge in [0.25, 0.3) is 0 Å². The fourth-order valence-electron chi connectivity index (χ4n) is 1.42. The molecule has 1 aliphatic carbocycles. The van der Waals surface area contributed by atoms with Crippen molar-refractivity contribution in [3.8, 4) is 0 Å². The molecule has 1 aromatic rings. The Hall–Kier alpha value is -1.29. The van der Waals surface area contributed by atoms with Crippen LogP contribution in [0.3, 0.4) is 0 Å². The van der Waals surface area contributed by atoms with Gasteiger partial charge in [0.05, 0.1) is 12.6 Å². The summed E-state index contributed by atoms with van der Waals surface area (Å²) < 4.78 is 10.1. The highest BCUT2D eigenvalue weighted by Gasteiger charge is 2.43. The van der Waals surface area contributed by atoms with E-state index in [9.17, 15) is 4.79 Å². The summed E-state index contributed by atoms with van der Waals surface area (Å²) in [7, 11) is 1.35. The summed E-state index contributed by atoms with van der Waals surface area (Å²) in [5, 5.41) is 0. The molecule has 4 heteroatoms. The normalized spacial score (nSPS) is 17.9. The number of aryl methyl sites for hydroxylation is 1. The zero-order valence-corrected chi connectivity index (χ0v) is 8.29. The molecule has 0 bridgehead atoms.